The smallest absolute Gasteiger partial charge is 0.209 e. The number of tetrazole rings is 1. The van der Waals surface area contributed by atoms with E-state index in [1.807, 2.05) is 13.8 Å². The fourth-order valence-electron chi connectivity index (χ4n) is 1.29. The lowest BCUT2D eigenvalue weighted by Crippen LogP contribution is -2.27. The van der Waals surface area contributed by atoms with Gasteiger partial charge in [0.25, 0.3) is 0 Å². The molecule has 104 valence electrons. The number of aromatic nitrogens is 4. The first-order valence-corrected chi connectivity index (χ1v) is 7.22. The van der Waals surface area contributed by atoms with Gasteiger partial charge in [0.1, 0.15) is 0 Å². The van der Waals surface area contributed by atoms with E-state index >= 15 is 0 Å². The summed E-state index contributed by atoms with van der Waals surface area (Å²) in [7, 11) is 0. The minimum absolute atomic E-state index is 0.466. The highest BCUT2D eigenvalue weighted by Crippen LogP contribution is 2.18. The van der Waals surface area contributed by atoms with Crippen LogP contribution in [-0.2, 0) is 6.54 Å². The van der Waals surface area contributed by atoms with Crippen LogP contribution in [0.3, 0.4) is 0 Å². The Morgan fingerprint density at radius 2 is 2.17 bits per heavy atom. The second kappa shape index (κ2) is 7.06. The van der Waals surface area contributed by atoms with Crippen LogP contribution in [0.1, 0.15) is 34.1 Å². The molecule has 0 saturated carbocycles. The number of nitrogens with one attached hydrogen (secondary N) is 1. The Bertz CT molecular complexity index is 347. The van der Waals surface area contributed by atoms with E-state index in [4.69, 9.17) is 0 Å². The molecule has 0 spiro atoms. The molecule has 18 heavy (non-hydrogen) atoms. The van der Waals surface area contributed by atoms with Crippen LogP contribution in [0.15, 0.2) is 5.16 Å². The maximum Gasteiger partial charge on any atom is 0.209 e. The van der Waals surface area contributed by atoms with E-state index in [2.05, 4.69) is 34.7 Å². The molecule has 0 atom stereocenters. The molecule has 0 unspecified atom stereocenters. The topological polar surface area (TPSA) is 75.9 Å². The minimum atomic E-state index is -0.634. The van der Waals surface area contributed by atoms with Crippen molar-refractivity contribution in [2.75, 3.05) is 12.3 Å². The van der Waals surface area contributed by atoms with Gasteiger partial charge in [-0.25, -0.2) is 4.68 Å². The van der Waals surface area contributed by atoms with Gasteiger partial charge in [-0.05, 0) is 30.7 Å². The second-order valence-electron chi connectivity index (χ2n) is 5.20. The molecule has 0 amide bonds. The summed E-state index contributed by atoms with van der Waals surface area (Å²) < 4.78 is 1.80. The lowest BCUT2D eigenvalue weighted by molar-refractivity contribution is 0.0777. The number of rotatable bonds is 8. The molecule has 0 aliphatic heterocycles. The Labute approximate surface area is 113 Å². The molecule has 7 heteroatoms. The Balaban J connectivity index is 2.35. The highest BCUT2D eigenvalue weighted by Gasteiger charge is 2.13. The van der Waals surface area contributed by atoms with Crippen molar-refractivity contribution in [3.8, 4) is 0 Å². The molecule has 0 aliphatic rings. The van der Waals surface area contributed by atoms with Gasteiger partial charge < -0.3 is 10.4 Å². The van der Waals surface area contributed by atoms with Gasteiger partial charge >= 0.3 is 0 Å². The van der Waals surface area contributed by atoms with E-state index in [0.29, 0.717) is 6.04 Å². The van der Waals surface area contributed by atoms with Crippen LogP contribution in [0, 0.1) is 0 Å². The zero-order valence-corrected chi connectivity index (χ0v) is 12.4. The molecule has 1 rings (SSSR count). The third kappa shape index (κ3) is 6.32. The zero-order chi connectivity index (χ0) is 13.6. The van der Waals surface area contributed by atoms with Crippen molar-refractivity contribution in [1.29, 1.82) is 0 Å². The maximum absolute atomic E-state index is 9.64. The highest BCUT2D eigenvalue weighted by molar-refractivity contribution is 7.99. The molecule has 0 radical (unpaired) electrons. The predicted molar refractivity (Wildman–Crippen MR) is 72.6 cm³/mol. The first-order valence-electron chi connectivity index (χ1n) is 6.23. The molecule has 0 saturated heterocycles. The third-order valence-corrected chi connectivity index (χ3v) is 3.28. The Morgan fingerprint density at radius 1 is 1.44 bits per heavy atom. The van der Waals surface area contributed by atoms with Crippen molar-refractivity contribution in [3.05, 3.63) is 0 Å². The lowest BCUT2D eigenvalue weighted by atomic mass is 10.1. The van der Waals surface area contributed by atoms with Crippen molar-refractivity contribution in [2.24, 2.45) is 0 Å². The normalized spacial score (nSPS) is 12.3. The zero-order valence-electron chi connectivity index (χ0n) is 11.6. The Morgan fingerprint density at radius 3 is 2.78 bits per heavy atom. The van der Waals surface area contributed by atoms with E-state index in [9.17, 15) is 5.11 Å². The van der Waals surface area contributed by atoms with Crippen LogP contribution >= 0.6 is 11.8 Å². The summed E-state index contributed by atoms with van der Waals surface area (Å²) in [6.07, 6.45) is 0.717. The number of hydrogen-bond donors (Lipinski definition) is 2. The van der Waals surface area contributed by atoms with Crippen molar-refractivity contribution in [2.45, 2.75) is 57.5 Å². The van der Waals surface area contributed by atoms with Crippen molar-refractivity contribution in [1.82, 2.24) is 25.5 Å². The summed E-state index contributed by atoms with van der Waals surface area (Å²) in [6.45, 7) is 9.45. The fraction of sp³-hybridized carbons (Fsp3) is 0.909. The third-order valence-electron chi connectivity index (χ3n) is 2.32. The number of aliphatic hydroxyl groups is 1. The maximum atomic E-state index is 9.64. The van der Waals surface area contributed by atoms with Gasteiger partial charge in [0, 0.05) is 18.3 Å². The molecule has 0 fully saturated rings. The molecule has 0 aromatic carbocycles. The SMILES string of the molecule is CC(C)NCCn1nnnc1SCCC(C)(C)O. The predicted octanol–water partition coefficient (Wildman–Crippen LogP) is 0.924. The minimum Gasteiger partial charge on any atom is -0.390 e. The van der Waals surface area contributed by atoms with Crippen LogP contribution < -0.4 is 5.32 Å². The van der Waals surface area contributed by atoms with Crippen molar-refractivity contribution < 1.29 is 5.11 Å². The molecule has 0 bridgehead atoms. The van der Waals surface area contributed by atoms with E-state index in [-0.39, 0.29) is 0 Å². The largest absolute Gasteiger partial charge is 0.390 e. The Hall–Kier alpha value is -0.660. The lowest BCUT2D eigenvalue weighted by Gasteiger charge is -2.15. The van der Waals surface area contributed by atoms with Crippen molar-refractivity contribution >= 4 is 11.8 Å². The van der Waals surface area contributed by atoms with Gasteiger partial charge in [-0.1, -0.05) is 25.6 Å². The quantitative estimate of drug-likeness (QED) is 0.686. The van der Waals surface area contributed by atoms with Crippen LogP contribution in [-0.4, -0.2) is 49.3 Å². The summed E-state index contributed by atoms with van der Waals surface area (Å²) in [4.78, 5) is 0. The summed E-state index contributed by atoms with van der Waals surface area (Å²) >= 11 is 1.58. The average Bonchev–Trinajstić information content (AvgIpc) is 2.63. The van der Waals surface area contributed by atoms with Gasteiger partial charge in [-0.15, -0.1) is 5.10 Å². The van der Waals surface area contributed by atoms with E-state index in [1.54, 1.807) is 16.4 Å². The Kier molecular flexibility index (Phi) is 6.04. The average molecular weight is 273 g/mol. The second-order valence-corrected chi connectivity index (χ2v) is 6.27. The first-order chi connectivity index (χ1) is 8.38. The molecule has 1 aromatic rings. The van der Waals surface area contributed by atoms with E-state index < -0.39 is 5.60 Å². The monoisotopic (exact) mass is 273 g/mol. The summed E-state index contributed by atoms with van der Waals surface area (Å²) in [6, 6.07) is 0.466. The van der Waals surface area contributed by atoms with Crippen LogP contribution in [0.4, 0.5) is 0 Å². The van der Waals surface area contributed by atoms with Crippen LogP contribution in [0.5, 0.6) is 0 Å². The molecule has 1 aromatic heterocycles. The summed E-state index contributed by atoms with van der Waals surface area (Å²) in [5.74, 6) is 0.807. The summed E-state index contributed by atoms with van der Waals surface area (Å²) in [5.41, 5.74) is -0.634. The highest BCUT2D eigenvalue weighted by atomic mass is 32.2. The molecule has 1 heterocycles. The van der Waals surface area contributed by atoms with Gasteiger partial charge in [0.2, 0.25) is 5.16 Å². The van der Waals surface area contributed by atoms with E-state index in [0.717, 1.165) is 30.4 Å². The van der Waals surface area contributed by atoms with Gasteiger partial charge in [-0.2, -0.15) is 0 Å². The van der Waals surface area contributed by atoms with Crippen LogP contribution in [0.2, 0.25) is 0 Å². The van der Waals surface area contributed by atoms with Crippen molar-refractivity contribution in [3.63, 3.8) is 0 Å². The van der Waals surface area contributed by atoms with Gasteiger partial charge in [0.05, 0.1) is 12.1 Å². The fourth-order valence-corrected chi connectivity index (χ4v) is 2.45. The molecular weight excluding hydrogens is 250 g/mol. The van der Waals surface area contributed by atoms with Gasteiger partial charge in [-0.3, -0.25) is 0 Å². The number of thioether (sulfide) groups is 1. The van der Waals surface area contributed by atoms with Crippen LogP contribution in [0.25, 0.3) is 0 Å². The number of hydrogen-bond acceptors (Lipinski definition) is 6. The molecule has 2 N–H and O–H groups in total. The van der Waals surface area contributed by atoms with Gasteiger partial charge in [0.15, 0.2) is 0 Å². The summed E-state index contributed by atoms with van der Waals surface area (Å²) in [5, 5.41) is 25.4. The first kappa shape index (κ1) is 15.4. The molecular formula is C11H23N5OS. The standard InChI is InChI=1S/C11H23N5OS/c1-9(2)12-6-7-16-10(13-14-15-16)18-8-5-11(3,4)17/h9,12,17H,5-8H2,1-4H3. The van der Waals surface area contributed by atoms with E-state index in [1.165, 1.54) is 0 Å². The molecule has 0 aliphatic carbocycles. The molecule has 6 nitrogen and oxygen atoms in total. The number of nitrogens with zero attached hydrogens (tertiary/aromatic N) is 4.